The van der Waals surface area contributed by atoms with Crippen molar-refractivity contribution in [3.8, 4) is 0 Å². The van der Waals surface area contributed by atoms with Crippen LogP contribution in [0.1, 0.15) is 37.8 Å². The lowest BCUT2D eigenvalue weighted by Gasteiger charge is -2.29. The van der Waals surface area contributed by atoms with E-state index < -0.39 is 17.7 Å². The molecule has 0 spiro atoms. The maximum atomic E-state index is 13.0. The van der Waals surface area contributed by atoms with Crippen molar-refractivity contribution >= 4 is 18.0 Å². The zero-order chi connectivity index (χ0) is 22.7. The van der Waals surface area contributed by atoms with Crippen molar-refractivity contribution < 1.29 is 14.3 Å². The Morgan fingerprint density at radius 2 is 1.68 bits per heavy atom. The van der Waals surface area contributed by atoms with Crippen LogP contribution in [0, 0.1) is 5.41 Å². The molecular formula is C23H31N5O3. The second kappa shape index (κ2) is 11.6. The van der Waals surface area contributed by atoms with Gasteiger partial charge in [-0.2, -0.15) is 0 Å². The number of carbonyl (C=O) groups excluding carboxylic acids is 2. The van der Waals surface area contributed by atoms with Gasteiger partial charge >= 0.3 is 6.09 Å². The molecule has 2 amide bonds. The summed E-state index contributed by atoms with van der Waals surface area (Å²) in [7, 11) is 0. The summed E-state index contributed by atoms with van der Waals surface area (Å²) in [4.78, 5) is 25.3. The highest BCUT2D eigenvalue weighted by Crippen LogP contribution is 2.19. The molecule has 2 aromatic rings. The third-order valence-electron chi connectivity index (χ3n) is 4.74. The predicted octanol–water partition coefficient (Wildman–Crippen LogP) is 2.60. The number of guanidine groups is 1. The Hall–Kier alpha value is -3.55. The molecule has 0 heterocycles. The summed E-state index contributed by atoms with van der Waals surface area (Å²) in [6.07, 6.45) is 0.223. The second-order valence-corrected chi connectivity index (χ2v) is 7.72. The maximum Gasteiger partial charge on any atom is 0.408 e. The lowest BCUT2D eigenvalue weighted by atomic mass is 9.93. The number of carbonyl (C=O) groups is 2. The lowest BCUT2D eigenvalue weighted by Crippen LogP contribution is -2.52. The normalized spacial score (nSPS) is 11.8. The molecule has 0 aromatic heterocycles. The fraction of sp³-hybridized carbons (Fsp3) is 0.348. The molecule has 1 unspecified atom stereocenters. The molecule has 0 aliphatic heterocycles. The largest absolute Gasteiger partial charge is 0.445 e. The van der Waals surface area contributed by atoms with E-state index in [4.69, 9.17) is 15.9 Å². The van der Waals surface area contributed by atoms with E-state index in [0.717, 1.165) is 11.1 Å². The Balaban J connectivity index is 1.99. The first kappa shape index (κ1) is 23.7. The standard InChI is InChI=1S/C23H31N5O3/c1-23(2,18-12-7-4-8-13-18)28-20(29)19(14-9-15-26-21(24)25)27-22(30)31-16-17-10-5-3-6-11-17/h3-8,10-13,19H,9,14-16H2,1-2H3,(H,27,30)(H,28,29)(H4,24,25,26). The number of rotatable bonds is 10. The SMILES string of the molecule is CC(C)(NC(=O)C(CCCNC(=N)N)NC(=O)OCc1ccccc1)c1ccccc1. The third-order valence-corrected chi connectivity index (χ3v) is 4.74. The first-order valence-corrected chi connectivity index (χ1v) is 10.2. The van der Waals surface area contributed by atoms with Crippen LogP contribution in [-0.4, -0.2) is 30.5 Å². The van der Waals surface area contributed by atoms with Crippen LogP contribution in [-0.2, 0) is 21.7 Å². The van der Waals surface area contributed by atoms with Gasteiger partial charge in [0.1, 0.15) is 12.6 Å². The molecule has 0 aliphatic rings. The molecule has 0 radical (unpaired) electrons. The fourth-order valence-corrected chi connectivity index (χ4v) is 3.03. The van der Waals surface area contributed by atoms with E-state index in [2.05, 4.69) is 16.0 Å². The smallest absolute Gasteiger partial charge is 0.408 e. The van der Waals surface area contributed by atoms with Crippen LogP contribution in [0.25, 0.3) is 0 Å². The topological polar surface area (TPSA) is 129 Å². The molecule has 0 saturated heterocycles. The van der Waals surface area contributed by atoms with Crippen molar-refractivity contribution in [2.75, 3.05) is 6.54 Å². The number of alkyl carbamates (subject to hydrolysis) is 1. The van der Waals surface area contributed by atoms with Gasteiger partial charge in [0.25, 0.3) is 0 Å². The summed E-state index contributed by atoms with van der Waals surface area (Å²) in [6.45, 7) is 4.34. The van der Waals surface area contributed by atoms with Crippen molar-refractivity contribution in [1.82, 2.24) is 16.0 Å². The van der Waals surface area contributed by atoms with E-state index in [1.807, 2.05) is 74.5 Å². The first-order chi connectivity index (χ1) is 14.8. The van der Waals surface area contributed by atoms with Crippen molar-refractivity contribution in [2.24, 2.45) is 5.73 Å². The minimum absolute atomic E-state index is 0.114. The molecule has 31 heavy (non-hydrogen) atoms. The van der Waals surface area contributed by atoms with E-state index in [-0.39, 0.29) is 18.5 Å². The molecule has 2 aromatic carbocycles. The number of amides is 2. The van der Waals surface area contributed by atoms with Gasteiger partial charge in [0.2, 0.25) is 5.91 Å². The van der Waals surface area contributed by atoms with Crippen LogP contribution < -0.4 is 21.7 Å². The average molecular weight is 426 g/mol. The summed E-state index contributed by atoms with van der Waals surface area (Å²) >= 11 is 0. The molecule has 0 aliphatic carbocycles. The first-order valence-electron chi connectivity index (χ1n) is 10.2. The highest BCUT2D eigenvalue weighted by molar-refractivity contribution is 5.86. The summed E-state index contributed by atoms with van der Waals surface area (Å²) in [5, 5.41) is 15.6. The number of nitrogens with two attached hydrogens (primary N) is 1. The summed E-state index contributed by atoms with van der Waals surface area (Å²) < 4.78 is 5.27. The van der Waals surface area contributed by atoms with E-state index in [1.54, 1.807) is 0 Å². The van der Waals surface area contributed by atoms with Gasteiger partial charge in [-0.15, -0.1) is 0 Å². The molecule has 166 valence electrons. The Bertz CT molecular complexity index is 856. The zero-order valence-electron chi connectivity index (χ0n) is 18.0. The molecule has 8 heteroatoms. The van der Waals surface area contributed by atoms with Gasteiger partial charge in [0, 0.05) is 6.54 Å². The summed E-state index contributed by atoms with van der Waals surface area (Å²) in [5.74, 6) is -0.449. The van der Waals surface area contributed by atoms with Gasteiger partial charge in [-0.1, -0.05) is 60.7 Å². The maximum absolute atomic E-state index is 13.0. The monoisotopic (exact) mass is 425 g/mol. The molecule has 0 saturated carbocycles. The number of benzene rings is 2. The highest BCUT2D eigenvalue weighted by Gasteiger charge is 2.28. The van der Waals surface area contributed by atoms with E-state index in [1.165, 1.54) is 0 Å². The fourth-order valence-electron chi connectivity index (χ4n) is 3.03. The predicted molar refractivity (Wildman–Crippen MR) is 120 cm³/mol. The quantitative estimate of drug-likeness (QED) is 0.227. The molecular weight excluding hydrogens is 394 g/mol. The summed E-state index contributed by atoms with van der Waals surface area (Å²) in [6, 6.07) is 18.1. The van der Waals surface area contributed by atoms with E-state index in [9.17, 15) is 9.59 Å². The molecule has 8 nitrogen and oxygen atoms in total. The van der Waals surface area contributed by atoms with E-state index in [0.29, 0.717) is 19.4 Å². The minimum atomic E-state index is -0.792. The number of hydrogen-bond acceptors (Lipinski definition) is 4. The van der Waals surface area contributed by atoms with Gasteiger partial charge in [-0.05, 0) is 37.8 Å². The third kappa shape index (κ3) is 8.38. The van der Waals surface area contributed by atoms with Crippen LogP contribution in [0.15, 0.2) is 60.7 Å². The van der Waals surface area contributed by atoms with Gasteiger partial charge in [0.05, 0.1) is 5.54 Å². The van der Waals surface area contributed by atoms with Crippen LogP contribution in [0.3, 0.4) is 0 Å². The highest BCUT2D eigenvalue weighted by atomic mass is 16.5. The molecule has 2 rings (SSSR count). The van der Waals surface area contributed by atoms with Gasteiger partial charge in [-0.25, -0.2) is 4.79 Å². The Morgan fingerprint density at radius 1 is 1.06 bits per heavy atom. The minimum Gasteiger partial charge on any atom is -0.445 e. The van der Waals surface area contributed by atoms with Crippen LogP contribution >= 0.6 is 0 Å². The lowest BCUT2D eigenvalue weighted by molar-refractivity contribution is -0.125. The van der Waals surface area contributed by atoms with Crippen molar-refractivity contribution in [3.05, 3.63) is 71.8 Å². The van der Waals surface area contributed by atoms with Crippen molar-refractivity contribution in [3.63, 3.8) is 0 Å². The molecule has 1 atom stereocenters. The molecule has 0 bridgehead atoms. The van der Waals surface area contributed by atoms with Crippen LogP contribution in [0.4, 0.5) is 4.79 Å². The molecule has 0 fully saturated rings. The number of nitrogens with one attached hydrogen (secondary N) is 4. The van der Waals surface area contributed by atoms with Gasteiger partial charge < -0.3 is 26.4 Å². The molecule has 6 N–H and O–H groups in total. The summed E-state index contributed by atoms with van der Waals surface area (Å²) in [5.41, 5.74) is 6.48. The Kier molecular flexibility index (Phi) is 8.87. The van der Waals surface area contributed by atoms with E-state index >= 15 is 0 Å². The average Bonchev–Trinajstić information content (AvgIpc) is 2.75. The second-order valence-electron chi connectivity index (χ2n) is 7.72. The van der Waals surface area contributed by atoms with Gasteiger partial charge in [0.15, 0.2) is 5.96 Å². The van der Waals surface area contributed by atoms with Crippen LogP contribution in [0.2, 0.25) is 0 Å². The number of ether oxygens (including phenoxy) is 1. The number of hydrogen-bond donors (Lipinski definition) is 5. The van der Waals surface area contributed by atoms with Crippen LogP contribution in [0.5, 0.6) is 0 Å². The zero-order valence-corrected chi connectivity index (χ0v) is 18.0. The van der Waals surface area contributed by atoms with Crippen molar-refractivity contribution in [2.45, 2.75) is 44.9 Å². The Labute approximate surface area is 183 Å². The van der Waals surface area contributed by atoms with Crippen molar-refractivity contribution in [1.29, 1.82) is 5.41 Å². The Morgan fingerprint density at radius 3 is 2.29 bits per heavy atom. The van der Waals surface area contributed by atoms with Gasteiger partial charge in [-0.3, -0.25) is 10.2 Å².